The fraction of sp³-hybridized carbons (Fsp3) is 0.375. The van der Waals surface area contributed by atoms with Crippen molar-refractivity contribution in [2.24, 2.45) is 0 Å². The Morgan fingerprint density at radius 1 is 1.18 bits per heavy atom. The molecule has 1 aliphatic carbocycles. The number of aromatic amines is 1. The molecule has 3 aromatic rings. The van der Waals surface area contributed by atoms with Gasteiger partial charge < -0.3 is 14.6 Å². The third-order valence-corrected chi connectivity index (χ3v) is 5.91. The van der Waals surface area contributed by atoms with Crippen molar-refractivity contribution in [1.82, 2.24) is 9.88 Å². The number of nitrogens with zero attached hydrogens (tertiary/aromatic N) is 1. The highest BCUT2D eigenvalue weighted by Crippen LogP contribution is 2.36. The minimum absolute atomic E-state index is 0.0515. The molecular weight excluding hydrogens is 348 g/mol. The number of fused-ring (bicyclic) bond motifs is 2. The van der Waals surface area contributed by atoms with E-state index in [9.17, 15) is 4.79 Å². The standard InChI is InChI=1S/C24H28N2O2/c1-26(14-13-17-9-11-22-18(15-17)10-12-24(27)25-22)16-19-5-3-7-21-20(19)6-4-8-23(21)28-2/h4,6,8-12,15,19H,3,5,7,13-14,16H2,1-2H3,(H,25,27). The zero-order chi connectivity index (χ0) is 19.5. The molecule has 28 heavy (non-hydrogen) atoms. The van der Waals surface area contributed by atoms with Crippen molar-refractivity contribution in [3.8, 4) is 5.75 Å². The fourth-order valence-corrected chi connectivity index (χ4v) is 4.44. The lowest BCUT2D eigenvalue weighted by Gasteiger charge is -2.30. The van der Waals surface area contributed by atoms with Crippen molar-refractivity contribution in [1.29, 1.82) is 0 Å². The van der Waals surface area contributed by atoms with Crippen LogP contribution in [0.1, 0.15) is 35.4 Å². The van der Waals surface area contributed by atoms with Gasteiger partial charge in [0.1, 0.15) is 5.75 Å². The lowest BCUT2D eigenvalue weighted by atomic mass is 9.82. The second kappa shape index (κ2) is 8.19. The number of methoxy groups -OCH3 is 1. The Balaban J connectivity index is 1.41. The average molecular weight is 376 g/mol. The maximum atomic E-state index is 11.4. The maximum absolute atomic E-state index is 11.4. The lowest BCUT2D eigenvalue weighted by molar-refractivity contribution is 0.299. The molecule has 4 rings (SSSR count). The monoisotopic (exact) mass is 376 g/mol. The fourth-order valence-electron chi connectivity index (χ4n) is 4.44. The van der Waals surface area contributed by atoms with Crippen LogP contribution in [-0.4, -0.2) is 37.1 Å². The van der Waals surface area contributed by atoms with Gasteiger partial charge in [-0.05, 0) is 85.0 Å². The van der Waals surface area contributed by atoms with Crippen LogP contribution in [0, 0.1) is 0 Å². The van der Waals surface area contributed by atoms with Crippen molar-refractivity contribution >= 4 is 10.9 Å². The van der Waals surface area contributed by atoms with E-state index < -0.39 is 0 Å². The van der Waals surface area contributed by atoms with Crippen LogP contribution in [0.25, 0.3) is 10.9 Å². The normalized spacial score (nSPS) is 16.3. The van der Waals surface area contributed by atoms with Crippen molar-refractivity contribution in [2.45, 2.75) is 31.6 Å². The summed E-state index contributed by atoms with van der Waals surface area (Å²) in [6.07, 6.45) is 4.60. The highest BCUT2D eigenvalue weighted by atomic mass is 16.5. The van der Waals surface area contributed by atoms with Gasteiger partial charge >= 0.3 is 0 Å². The largest absolute Gasteiger partial charge is 0.496 e. The van der Waals surface area contributed by atoms with E-state index in [1.165, 1.54) is 29.5 Å². The predicted octanol–water partition coefficient (Wildman–Crippen LogP) is 4.13. The van der Waals surface area contributed by atoms with Gasteiger partial charge in [-0.2, -0.15) is 0 Å². The molecule has 0 spiro atoms. The van der Waals surface area contributed by atoms with Gasteiger partial charge in [-0.15, -0.1) is 0 Å². The van der Waals surface area contributed by atoms with E-state index in [4.69, 9.17) is 4.74 Å². The summed E-state index contributed by atoms with van der Waals surface area (Å²) >= 11 is 0. The lowest BCUT2D eigenvalue weighted by Crippen LogP contribution is -2.28. The zero-order valence-corrected chi connectivity index (χ0v) is 16.7. The van der Waals surface area contributed by atoms with Gasteiger partial charge in [-0.3, -0.25) is 4.79 Å². The SMILES string of the molecule is COc1cccc2c1CCCC2CN(C)CCc1ccc2[nH]c(=O)ccc2c1. The van der Waals surface area contributed by atoms with E-state index in [2.05, 4.69) is 47.3 Å². The number of nitrogens with one attached hydrogen (secondary N) is 1. The van der Waals surface area contributed by atoms with E-state index >= 15 is 0 Å². The molecule has 4 nitrogen and oxygen atoms in total. The van der Waals surface area contributed by atoms with E-state index in [0.29, 0.717) is 5.92 Å². The minimum Gasteiger partial charge on any atom is -0.496 e. The molecule has 0 aliphatic heterocycles. The molecule has 1 aliphatic rings. The Kier molecular flexibility index (Phi) is 5.49. The molecular formula is C24H28N2O2. The molecule has 1 N–H and O–H groups in total. The number of rotatable bonds is 6. The van der Waals surface area contributed by atoms with Crippen LogP contribution in [-0.2, 0) is 12.8 Å². The summed E-state index contributed by atoms with van der Waals surface area (Å²) in [7, 11) is 3.98. The third kappa shape index (κ3) is 3.97. The number of aromatic nitrogens is 1. The topological polar surface area (TPSA) is 45.3 Å². The molecule has 1 aromatic heterocycles. The molecule has 4 heteroatoms. The Labute approximate surface area is 166 Å². The minimum atomic E-state index is -0.0515. The van der Waals surface area contributed by atoms with Crippen LogP contribution < -0.4 is 10.3 Å². The molecule has 146 valence electrons. The van der Waals surface area contributed by atoms with Gasteiger partial charge in [0.05, 0.1) is 7.11 Å². The van der Waals surface area contributed by atoms with Gasteiger partial charge in [0, 0.05) is 24.7 Å². The molecule has 1 heterocycles. The van der Waals surface area contributed by atoms with Crippen LogP contribution in [0.15, 0.2) is 53.3 Å². The molecule has 0 bridgehead atoms. The summed E-state index contributed by atoms with van der Waals surface area (Å²) < 4.78 is 5.58. The van der Waals surface area contributed by atoms with Crippen molar-refractivity contribution in [3.05, 3.63) is 75.6 Å². The Hall–Kier alpha value is -2.59. The number of benzene rings is 2. The summed E-state index contributed by atoms with van der Waals surface area (Å²) in [4.78, 5) is 16.7. The Bertz CT molecular complexity index is 1020. The van der Waals surface area contributed by atoms with E-state index in [1.54, 1.807) is 13.2 Å². The summed E-state index contributed by atoms with van der Waals surface area (Å²) in [6.45, 7) is 2.09. The van der Waals surface area contributed by atoms with Gasteiger partial charge in [0.25, 0.3) is 0 Å². The molecule has 0 fully saturated rings. The first-order valence-electron chi connectivity index (χ1n) is 10.1. The smallest absolute Gasteiger partial charge is 0.248 e. The highest BCUT2D eigenvalue weighted by Gasteiger charge is 2.23. The summed E-state index contributed by atoms with van der Waals surface area (Å²) in [5, 5.41) is 1.09. The van der Waals surface area contributed by atoms with Crippen molar-refractivity contribution in [3.63, 3.8) is 0 Å². The van der Waals surface area contributed by atoms with Gasteiger partial charge in [0.2, 0.25) is 5.56 Å². The molecule has 0 amide bonds. The number of ether oxygens (including phenoxy) is 1. The molecule has 0 radical (unpaired) electrons. The Morgan fingerprint density at radius 3 is 2.93 bits per heavy atom. The number of likely N-dealkylation sites (N-methyl/N-ethyl adjacent to an activating group) is 1. The van der Waals surface area contributed by atoms with E-state index in [-0.39, 0.29) is 5.56 Å². The van der Waals surface area contributed by atoms with E-state index in [0.717, 1.165) is 42.6 Å². The van der Waals surface area contributed by atoms with Crippen LogP contribution in [0.2, 0.25) is 0 Å². The third-order valence-electron chi connectivity index (χ3n) is 5.91. The number of hydrogen-bond donors (Lipinski definition) is 1. The van der Waals surface area contributed by atoms with Gasteiger partial charge in [-0.1, -0.05) is 18.2 Å². The number of H-pyrrole nitrogens is 1. The number of hydrogen-bond acceptors (Lipinski definition) is 3. The van der Waals surface area contributed by atoms with Crippen molar-refractivity contribution < 1.29 is 4.74 Å². The zero-order valence-electron chi connectivity index (χ0n) is 16.7. The van der Waals surface area contributed by atoms with Crippen LogP contribution >= 0.6 is 0 Å². The Morgan fingerprint density at radius 2 is 2.07 bits per heavy atom. The van der Waals surface area contributed by atoms with Crippen molar-refractivity contribution in [2.75, 3.05) is 27.2 Å². The first-order valence-corrected chi connectivity index (χ1v) is 10.1. The average Bonchev–Trinajstić information content (AvgIpc) is 2.72. The van der Waals surface area contributed by atoms with Crippen LogP contribution in [0.5, 0.6) is 5.75 Å². The second-order valence-corrected chi connectivity index (χ2v) is 7.87. The second-order valence-electron chi connectivity index (χ2n) is 7.87. The first kappa shape index (κ1) is 18.8. The van der Waals surface area contributed by atoms with Crippen LogP contribution in [0.4, 0.5) is 0 Å². The molecule has 1 atom stereocenters. The summed E-state index contributed by atoms with van der Waals surface area (Å²) in [5.41, 5.74) is 5.02. The molecule has 2 aromatic carbocycles. The highest BCUT2D eigenvalue weighted by molar-refractivity contribution is 5.78. The molecule has 1 unspecified atom stereocenters. The molecule has 0 saturated carbocycles. The molecule has 0 saturated heterocycles. The quantitative estimate of drug-likeness (QED) is 0.703. The number of pyridine rings is 1. The predicted molar refractivity (Wildman–Crippen MR) is 114 cm³/mol. The summed E-state index contributed by atoms with van der Waals surface area (Å²) in [6, 6.07) is 16.3. The van der Waals surface area contributed by atoms with Gasteiger partial charge in [-0.25, -0.2) is 0 Å². The van der Waals surface area contributed by atoms with Crippen LogP contribution in [0.3, 0.4) is 0 Å². The summed E-state index contributed by atoms with van der Waals surface area (Å²) in [5.74, 6) is 1.62. The first-order chi connectivity index (χ1) is 13.6. The van der Waals surface area contributed by atoms with Gasteiger partial charge in [0.15, 0.2) is 0 Å². The van der Waals surface area contributed by atoms with E-state index in [1.807, 2.05) is 12.1 Å². The maximum Gasteiger partial charge on any atom is 0.248 e.